The van der Waals surface area contributed by atoms with Crippen LogP contribution >= 0.6 is 0 Å². The van der Waals surface area contributed by atoms with Gasteiger partial charge < -0.3 is 14.4 Å². The van der Waals surface area contributed by atoms with Crippen LogP contribution in [0.2, 0.25) is 0 Å². The topological polar surface area (TPSA) is 72.9 Å². The van der Waals surface area contributed by atoms with Crippen molar-refractivity contribution in [3.63, 3.8) is 0 Å². The number of rotatable bonds is 3. The maximum absolute atomic E-state index is 13.1. The maximum Gasteiger partial charge on any atom is 0.254 e. The number of hydrogen-bond donors (Lipinski definition) is 0. The molecule has 27 heavy (non-hydrogen) atoms. The van der Waals surface area contributed by atoms with Gasteiger partial charge >= 0.3 is 0 Å². The van der Waals surface area contributed by atoms with Crippen molar-refractivity contribution in [1.82, 2.24) is 4.90 Å². The van der Waals surface area contributed by atoms with E-state index in [4.69, 9.17) is 9.47 Å². The number of fused-ring (bicyclic) bond motifs is 1. The largest absolute Gasteiger partial charge is 0.486 e. The first-order valence-electron chi connectivity index (χ1n) is 8.94. The molecule has 142 valence electrons. The molecule has 2 heterocycles. The van der Waals surface area contributed by atoms with Gasteiger partial charge in [0.05, 0.1) is 10.9 Å². The van der Waals surface area contributed by atoms with Crippen LogP contribution in [0.15, 0.2) is 47.4 Å². The zero-order valence-electron chi connectivity index (χ0n) is 15.1. The van der Waals surface area contributed by atoms with E-state index >= 15 is 0 Å². The van der Waals surface area contributed by atoms with Crippen molar-refractivity contribution in [2.24, 2.45) is 0 Å². The van der Waals surface area contributed by atoms with Crippen LogP contribution in [-0.2, 0) is 9.84 Å². The van der Waals surface area contributed by atoms with E-state index in [0.29, 0.717) is 31.1 Å². The second-order valence-corrected chi connectivity index (χ2v) is 8.88. The monoisotopic (exact) mass is 387 g/mol. The molecule has 1 fully saturated rings. The molecule has 1 amide bonds. The van der Waals surface area contributed by atoms with E-state index in [0.717, 1.165) is 30.4 Å². The molecule has 4 rings (SSSR count). The SMILES string of the molecule is CS(=O)(=O)c1cccc(C(=O)N2CCC[C@H]2c2ccc3c(c2)OCCO3)c1. The number of sulfone groups is 1. The minimum absolute atomic E-state index is 0.0600. The fraction of sp³-hybridized carbons (Fsp3) is 0.350. The molecule has 0 N–H and O–H groups in total. The summed E-state index contributed by atoms with van der Waals surface area (Å²) in [6.45, 7) is 1.69. The average molecular weight is 387 g/mol. The Balaban J connectivity index is 1.63. The Morgan fingerprint density at radius 3 is 2.63 bits per heavy atom. The summed E-state index contributed by atoms with van der Waals surface area (Å²) < 4.78 is 34.8. The third-order valence-corrected chi connectivity index (χ3v) is 6.08. The van der Waals surface area contributed by atoms with Crippen LogP contribution in [0.4, 0.5) is 0 Å². The van der Waals surface area contributed by atoms with Gasteiger partial charge in [-0.2, -0.15) is 0 Å². The van der Waals surface area contributed by atoms with Crippen LogP contribution in [0.3, 0.4) is 0 Å². The Morgan fingerprint density at radius 1 is 1.07 bits per heavy atom. The zero-order chi connectivity index (χ0) is 19.0. The molecular weight excluding hydrogens is 366 g/mol. The van der Waals surface area contributed by atoms with E-state index in [2.05, 4.69) is 0 Å². The van der Waals surface area contributed by atoms with Gasteiger partial charge in [-0.15, -0.1) is 0 Å². The molecule has 2 aromatic carbocycles. The molecule has 0 aromatic heterocycles. The van der Waals surface area contributed by atoms with Gasteiger partial charge in [-0.25, -0.2) is 8.42 Å². The molecule has 0 spiro atoms. The summed E-state index contributed by atoms with van der Waals surface area (Å²) in [5.41, 5.74) is 1.40. The normalized spacial score (nSPS) is 19.1. The summed E-state index contributed by atoms with van der Waals surface area (Å²) in [6, 6.07) is 12.0. The molecule has 2 aliphatic heterocycles. The first-order valence-corrected chi connectivity index (χ1v) is 10.8. The van der Waals surface area contributed by atoms with Crippen LogP contribution in [0.25, 0.3) is 0 Å². The van der Waals surface area contributed by atoms with Crippen molar-refractivity contribution in [1.29, 1.82) is 0 Å². The van der Waals surface area contributed by atoms with E-state index in [1.165, 1.54) is 12.1 Å². The van der Waals surface area contributed by atoms with Gasteiger partial charge in [-0.1, -0.05) is 12.1 Å². The summed E-state index contributed by atoms with van der Waals surface area (Å²) in [6.07, 6.45) is 2.90. The van der Waals surface area contributed by atoms with Gasteiger partial charge in [-0.05, 0) is 48.7 Å². The highest BCUT2D eigenvalue weighted by molar-refractivity contribution is 7.90. The highest BCUT2D eigenvalue weighted by Crippen LogP contribution is 2.38. The first-order chi connectivity index (χ1) is 12.9. The van der Waals surface area contributed by atoms with Crippen molar-refractivity contribution >= 4 is 15.7 Å². The summed E-state index contributed by atoms with van der Waals surface area (Å²) in [5.74, 6) is 1.27. The molecule has 0 unspecified atom stereocenters. The Bertz CT molecular complexity index is 986. The molecule has 1 saturated heterocycles. The third kappa shape index (κ3) is 3.51. The number of carbonyl (C=O) groups excluding carboxylic acids is 1. The van der Waals surface area contributed by atoms with Crippen molar-refractivity contribution < 1.29 is 22.7 Å². The predicted octanol–water partition coefficient (Wildman–Crippen LogP) is 2.84. The van der Waals surface area contributed by atoms with E-state index in [1.54, 1.807) is 12.1 Å². The van der Waals surface area contributed by atoms with Gasteiger partial charge in [0.25, 0.3) is 5.91 Å². The Labute approximate surface area is 158 Å². The molecular formula is C20H21NO5S. The van der Waals surface area contributed by atoms with Crippen molar-refractivity contribution in [3.05, 3.63) is 53.6 Å². The highest BCUT2D eigenvalue weighted by Gasteiger charge is 2.31. The second-order valence-electron chi connectivity index (χ2n) is 6.86. The molecule has 1 atom stereocenters. The third-order valence-electron chi connectivity index (χ3n) is 4.97. The number of nitrogens with zero attached hydrogens (tertiary/aromatic N) is 1. The van der Waals surface area contributed by atoms with E-state index in [-0.39, 0.29) is 16.8 Å². The molecule has 2 aromatic rings. The molecule has 0 saturated carbocycles. The summed E-state index contributed by atoms with van der Waals surface area (Å²) in [7, 11) is -3.36. The van der Waals surface area contributed by atoms with Gasteiger partial charge in [-0.3, -0.25) is 4.79 Å². The summed E-state index contributed by atoms with van der Waals surface area (Å²) in [4.78, 5) is 15.0. The molecule has 2 aliphatic rings. The molecule has 7 heteroatoms. The number of benzene rings is 2. The lowest BCUT2D eigenvalue weighted by Gasteiger charge is -2.27. The average Bonchev–Trinajstić information content (AvgIpc) is 3.16. The Hall–Kier alpha value is -2.54. The number of carbonyl (C=O) groups is 1. The molecule has 6 nitrogen and oxygen atoms in total. The van der Waals surface area contributed by atoms with Crippen LogP contribution in [0.1, 0.15) is 34.8 Å². The number of likely N-dealkylation sites (tertiary alicyclic amines) is 1. The minimum atomic E-state index is -3.36. The van der Waals surface area contributed by atoms with E-state index in [1.807, 2.05) is 23.1 Å². The van der Waals surface area contributed by atoms with Crippen molar-refractivity contribution in [2.45, 2.75) is 23.8 Å². The van der Waals surface area contributed by atoms with E-state index < -0.39 is 9.84 Å². The lowest BCUT2D eigenvalue weighted by atomic mass is 10.0. The number of hydrogen-bond acceptors (Lipinski definition) is 5. The quantitative estimate of drug-likeness (QED) is 0.810. The lowest BCUT2D eigenvalue weighted by molar-refractivity contribution is 0.0735. The molecule has 0 bridgehead atoms. The van der Waals surface area contributed by atoms with Gasteiger partial charge in [0.15, 0.2) is 21.3 Å². The smallest absolute Gasteiger partial charge is 0.254 e. The predicted molar refractivity (Wildman–Crippen MR) is 100.0 cm³/mol. The minimum Gasteiger partial charge on any atom is -0.486 e. The summed E-state index contributed by atoms with van der Waals surface area (Å²) >= 11 is 0. The van der Waals surface area contributed by atoms with Crippen LogP contribution in [0, 0.1) is 0 Å². The van der Waals surface area contributed by atoms with Crippen LogP contribution in [-0.4, -0.2) is 45.2 Å². The fourth-order valence-corrected chi connectivity index (χ4v) is 4.32. The van der Waals surface area contributed by atoms with Gasteiger partial charge in [0, 0.05) is 18.4 Å². The molecule has 0 radical (unpaired) electrons. The fourth-order valence-electron chi connectivity index (χ4n) is 3.65. The lowest BCUT2D eigenvalue weighted by Crippen LogP contribution is -2.30. The maximum atomic E-state index is 13.1. The van der Waals surface area contributed by atoms with Crippen molar-refractivity contribution in [2.75, 3.05) is 26.0 Å². The van der Waals surface area contributed by atoms with Crippen LogP contribution < -0.4 is 9.47 Å². The summed E-state index contributed by atoms with van der Waals surface area (Å²) in [5, 5.41) is 0. The zero-order valence-corrected chi connectivity index (χ0v) is 15.9. The first kappa shape index (κ1) is 17.9. The van der Waals surface area contributed by atoms with E-state index in [9.17, 15) is 13.2 Å². The van der Waals surface area contributed by atoms with Crippen LogP contribution in [0.5, 0.6) is 11.5 Å². The Kier molecular flexibility index (Phi) is 4.55. The standard InChI is InChI=1S/C20H21NO5S/c1-27(23,24)16-5-2-4-15(12-16)20(22)21-9-3-6-17(21)14-7-8-18-19(13-14)26-11-10-25-18/h2,4-5,7-8,12-13,17H,3,6,9-11H2,1H3/t17-/m0/s1. The number of amides is 1. The second kappa shape index (κ2) is 6.88. The molecule has 0 aliphatic carbocycles. The number of ether oxygens (including phenoxy) is 2. The Morgan fingerprint density at radius 2 is 1.85 bits per heavy atom. The van der Waals surface area contributed by atoms with Gasteiger partial charge in [0.2, 0.25) is 0 Å². The highest BCUT2D eigenvalue weighted by atomic mass is 32.2. The van der Waals surface area contributed by atoms with Gasteiger partial charge in [0.1, 0.15) is 13.2 Å². The van der Waals surface area contributed by atoms with Crippen molar-refractivity contribution in [3.8, 4) is 11.5 Å².